The van der Waals surface area contributed by atoms with E-state index in [1.54, 1.807) is 0 Å². The number of rotatable bonds is 1. The number of benzene rings is 1. The van der Waals surface area contributed by atoms with Crippen LogP contribution in [0.4, 0.5) is 10.1 Å². The SMILES string of the molecule is O=C1Nc2c(Br)cc(F)cc2C1C1CCCCCC1. The van der Waals surface area contributed by atoms with Gasteiger partial charge in [0, 0.05) is 4.47 Å². The van der Waals surface area contributed by atoms with Gasteiger partial charge in [0.15, 0.2) is 0 Å². The summed E-state index contributed by atoms with van der Waals surface area (Å²) in [6, 6.07) is 2.93. The molecule has 0 radical (unpaired) electrons. The summed E-state index contributed by atoms with van der Waals surface area (Å²) in [4.78, 5) is 12.3. The molecule has 102 valence electrons. The molecule has 1 aromatic carbocycles. The van der Waals surface area contributed by atoms with Gasteiger partial charge < -0.3 is 5.32 Å². The summed E-state index contributed by atoms with van der Waals surface area (Å²) in [7, 11) is 0. The summed E-state index contributed by atoms with van der Waals surface area (Å²) in [5.74, 6) is -0.0495. The van der Waals surface area contributed by atoms with Crippen molar-refractivity contribution < 1.29 is 9.18 Å². The van der Waals surface area contributed by atoms with Crippen molar-refractivity contribution in [3.8, 4) is 0 Å². The number of hydrogen-bond acceptors (Lipinski definition) is 1. The molecular formula is C15H17BrFNO. The quantitative estimate of drug-likeness (QED) is 0.751. The van der Waals surface area contributed by atoms with Crippen molar-refractivity contribution in [2.24, 2.45) is 5.92 Å². The number of carbonyl (C=O) groups is 1. The van der Waals surface area contributed by atoms with Crippen LogP contribution in [-0.4, -0.2) is 5.91 Å². The van der Waals surface area contributed by atoms with Gasteiger partial charge in [-0.3, -0.25) is 4.79 Å². The maximum atomic E-state index is 13.6. The van der Waals surface area contributed by atoms with E-state index in [2.05, 4.69) is 21.2 Å². The van der Waals surface area contributed by atoms with Crippen LogP contribution in [0.25, 0.3) is 0 Å². The molecule has 1 aliphatic heterocycles. The third kappa shape index (κ3) is 2.42. The Morgan fingerprint density at radius 3 is 2.53 bits per heavy atom. The van der Waals surface area contributed by atoms with Crippen LogP contribution >= 0.6 is 15.9 Å². The van der Waals surface area contributed by atoms with E-state index in [0.717, 1.165) is 24.1 Å². The fraction of sp³-hybridized carbons (Fsp3) is 0.533. The molecule has 19 heavy (non-hydrogen) atoms. The van der Waals surface area contributed by atoms with Crippen molar-refractivity contribution >= 4 is 27.5 Å². The molecule has 1 saturated carbocycles. The summed E-state index contributed by atoms with van der Waals surface area (Å²) in [5.41, 5.74) is 1.60. The summed E-state index contributed by atoms with van der Waals surface area (Å²) in [6.07, 6.45) is 7.02. The minimum Gasteiger partial charge on any atom is -0.324 e. The molecule has 4 heteroatoms. The fourth-order valence-electron chi connectivity index (χ4n) is 3.43. The largest absolute Gasteiger partial charge is 0.324 e. The first-order valence-electron chi connectivity index (χ1n) is 6.96. The van der Waals surface area contributed by atoms with Gasteiger partial charge in [-0.1, -0.05) is 25.7 Å². The van der Waals surface area contributed by atoms with E-state index >= 15 is 0 Å². The average molecular weight is 326 g/mol. The Balaban J connectivity index is 1.97. The maximum Gasteiger partial charge on any atom is 0.232 e. The lowest BCUT2D eigenvalue weighted by Crippen LogP contribution is -2.20. The molecular weight excluding hydrogens is 309 g/mol. The van der Waals surface area contributed by atoms with Crippen molar-refractivity contribution in [3.63, 3.8) is 0 Å². The minimum atomic E-state index is -0.277. The van der Waals surface area contributed by atoms with Crippen molar-refractivity contribution in [3.05, 3.63) is 28.0 Å². The van der Waals surface area contributed by atoms with Crippen LogP contribution in [0.2, 0.25) is 0 Å². The van der Waals surface area contributed by atoms with E-state index in [4.69, 9.17) is 0 Å². The number of nitrogens with one attached hydrogen (secondary N) is 1. The second-order valence-corrected chi connectivity index (χ2v) is 6.42. The van der Waals surface area contributed by atoms with Gasteiger partial charge >= 0.3 is 0 Å². The Morgan fingerprint density at radius 2 is 1.84 bits per heavy atom. The number of anilines is 1. The van der Waals surface area contributed by atoms with E-state index in [1.807, 2.05) is 0 Å². The summed E-state index contributed by atoms with van der Waals surface area (Å²) in [6.45, 7) is 0. The highest BCUT2D eigenvalue weighted by molar-refractivity contribution is 9.10. The van der Waals surface area contributed by atoms with Crippen molar-refractivity contribution in [2.75, 3.05) is 5.32 Å². The van der Waals surface area contributed by atoms with Gasteiger partial charge in [-0.15, -0.1) is 0 Å². The van der Waals surface area contributed by atoms with E-state index in [0.29, 0.717) is 10.4 Å². The molecule has 0 bridgehead atoms. The Kier molecular flexibility index (Phi) is 3.61. The van der Waals surface area contributed by atoms with Crippen molar-refractivity contribution in [1.29, 1.82) is 0 Å². The van der Waals surface area contributed by atoms with Crippen LogP contribution in [0.1, 0.15) is 50.0 Å². The zero-order valence-corrected chi connectivity index (χ0v) is 12.3. The average Bonchev–Trinajstić information content (AvgIpc) is 2.55. The first-order chi connectivity index (χ1) is 9.16. The van der Waals surface area contributed by atoms with Crippen LogP contribution in [0.15, 0.2) is 16.6 Å². The molecule has 1 N–H and O–H groups in total. The van der Waals surface area contributed by atoms with Gasteiger partial charge in [0.1, 0.15) is 5.82 Å². The summed E-state index contributed by atoms with van der Waals surface area (Å²) >= 11 is 3.34. The van der Waals surface area contributed by atoms with Crippen molar-refractivity contribution in [1.82, 2.24) is 0 Å². The lowest BCUT2D eigenvalue weighted by molar-refractivity contribution is -0.118. The first kappa shape index (κ1) is 13.1. The number of hydrogen-bond donors (Lipinski definition) is 1. The van der Waals surface area contributed by atoms with Gasteiger partial charge in [-0.2, -0.15) is 0 Å². The monoisotopic (exact) mass is 325 g/mol. The Hall–Kier alpha value is -0.900. The molecule has 0 aromatic heterocycles. The molecule has 0 spiro atoms. The van der Waals surface area contributed by atoms with Crippen LogP contribution < -0.4 is 5.32 Å². The van der Waals surface area contributed by atoms with Gasteiger partial charge in [0.2, 0.25) is 5.91 Å². The molecule has 3 rings (SSSR count). The zero-order valence-electron chi connectivity index (χ0n) is 10.7. The summed E-state index contributed by atoms with van der Waals surface area (Å²) in [5, 5.41) is 2.91. The molecule has 1 aromatic rings. The summed E-state index contributed by atoms with van der Waals surface area (Å²) < 4.78 is 14.2. The number of halogens is 2. The lowest BCUT2D eigenvalue weighted by Gasteiger charge is -2.20. The number of amides is 1. The van der Waals surface area contributed by atoms with Gasteiger partial charge in [0.25, 0.3) is 0 Å². The lowest BCUT2D eigenvalue weighted by atomic mass is 9.82. The normalized spacial score (nSPS) is 23.9. The molecule has 1 atom stereocenters. The van der Waals surface area contributed by atoms with Gasteiger partial charge in [-0.05, 0) is 52.4 Å². The molecule has 2 aliphatic rings. The first-order valence-corrected chi connectivity index (χ1v) is 7.76. The predicted molar refractivity (Wildman–Crippen MR) is 76.7 cm³/mol. The van der Waals surface area contributed by atoms with Crippen molar-refractivity contribution in [2.45, 2.75) is 44.4 Å². The van der Waals surface area contributed by atoms with Gasteiger partial charge in [-0.25, -0.2) is 4.39 Å². The maximum absolute atomic E-state index is 13.6. The van der Waals surface area contributed by atoms with E-state index < -0.39 is 0 Å². The third-order valence-electron chi connectivity index (χ3n) is 4.32. The fourth-order valence-corrected chi connectivity index (χ4v) is 3.97. The van der Waals surface area contributed by atoms with E-state index in [-0.39, 0.29) is 17.6 Å². The third-order valence-corrected chi connectivity index (χ3v) is 4.95. The molecule has 1 unspecified atom stereocenters. The smallest absolute Gasteiger partial charge is 0.232 e. The minimum absolute atomic E-state index is 0.0354. The highest BCUT2D eigenvalue weighted by atomic mass is 79.9. The molecule has 1 heterocycles. The second-order valence-electron chi connectivity index (χ2n) is 5.57. The van der Waals surface area contributed by atoms with Gasteiger partial charge in [0.05, 0.1) is 11.6 Å². The second kappa shape index (κ2) is 5.23. The predicted octanol–water partition coefficient (Wildman–Crippen LogP) is 4.59. The van der Waals surface area contributed by atoms with Crippen LogP contribution in [0.3, 0.4) is 0 Å². The number of fused-ring (bicyclic) bond motifs is 1. The Bertz CT molecular complexity index is 509. The van der Waals surface area contributed by atoms with Crippen LogP contribution in [-0.2, 0) is 4.79 Å². The topological polar surface area (TPSA) is 29.1 Å². The molecule has 0 saturated heterocycles. The number of carbonyl (C=O) groups excluding carboxylic acids is 1. The standard InChI is InChI=1S/C15H17BrFNO/c16-12-8-10(17)7-11-13(15(19)18-14(11)12)9-5-3-1-2-4-6-9/h7-9,13H,1-6H2,(H,18,19). The van der Waals surface area contributed by atoms with Crippen LogP contribution in [0.5, 0.6) is 0 Å². The Labute approximate surface area is 120 Å². The Morgan fingerprint density at radius 1 is 1.16 bits per heavy atom. The highest BCUT2D eigenvalue weighted by Gasteiger charge is 2.38. The molecule has 1 amide bonds. The molecule has 2 nitrogen and oxygen atoms in total. The highest BCUT2D eigenvalue weighted by Crippen LogP contribution is 2.45. The van der Waals surface area contributed by atoms with E-state index in [9.17, 15) is 9.18 Å². The van der Waals surface area contributed by atoms with E-state index in [1.165, 1.54) is 37.8 Å². The zero-order chi connectivity index (χ0) is 13.4. The molecule has 1 fully saturated rings. The van der Waals surface area contributed by atoms with Crippen LogP contribution in [0, 0.1) is 11.7 Å². The molecule has 1 aliphatic carbocycles.